The molecule has 2 aromatic carbocycles. The summed E-state index contributed by atoms with van der Waals surface area (Å²) in [6.45, 7) is 2.24. The molecule has 1 aliphatic carbocycles. The molecule has 0 amide bonds. The monoisotopic (exact) mass is 323 g/mol. The molecule has 0 aliphatic heterocycles. The normalized spacial score (nSPS) is 21.0. The van der Waals surface area contributed by atoms with Crippen molar-refractivity contribution in [2.75, 3.05) is 5.32 Å². The first-order chi connectivity index (χ1) is 10.1. The molecule has 0 saturated carbocycles. The SMILES string of the molecule is CC1CCC(Nc2c(Cl)cc(F)cc2Cl)c2ccccc21. The molecule has 1 N–H and O–H groups in total. The highest BCUT2D eigenvalue weighted by atomic mass is 35.5. The molecule has 0 heterocycles. The lowest BCUT2D eigenvalue weighted by Gasteiger charge is -2.31. The van der Waals surface area contributed by atoms with Crippen molar-refractivity contribution >= 4 is 28.9 Å². The molecule has 1 aliphatic rings. The van der Waals surface area contributed by atoms with E-state index < -0.39 is 5.82 Å². The summed E-state index contributed by atoms with van der Waals surface area (Å²) in [4.78, 5) is 0. The van der Waals surface area contributed by atoms with E-state index in [4.69, 9.17) is 23.2 Å². The Labute approximate surface area is 134 Å². The third-order valence-corrected chi connectivity index (χ3v) is 4.71. The van der Waals surface area contributed by atoms with Crippen LogP contribution in [-0.4, -0.2) is 0 Å². The number of fused-ring (bicyclic) bond motifs is 1. The number of nitrogens with one attached hydrogen (secondary N) is 1. The Bertz CT molecular complexity index is 649. The van der Waals surface area contributed by atoms with Gasteiger partial charge in [-0.15, -0.1) is 0 Å². The second kappa shape index (κ2) is 5.86. The smallest absolute Gasteiger partial charge is 0.126 e. The maximum atomic E-state index is 13.3. The van der Waals surface area contributed by atoms with Crippen LogP contribution in [0.5, 0.6) is 0 Å². The topological polar surface area (TPSA) is 12.0 Å². The minimum atomic E-state index is -0.423. The predicted octanol–water partition coefficient (Wildman–Crippen LogP) is 6.18. The molecule has 0 radical (unpaired) electrons. The number of hydrogen-bond donors (Lipinski definition) is 1. The number of benzene rings is 2. The Balaban J connectivity index is 1.95. The highest BCUT2D eigenvalue weighted by Crippen LogP contribution is 2.41. The first-order valence-corrected chi connectivity index (χ1v) is 7.81. The van der Waals surface area contributed by atoms with Crippen LogP contribution in [0.15, 0.2) is 36.4 Å². The number of hydrogen-bond acceptors (Lipinski definition) is 1. The van der Waals surface area contributed by atoms with E-state index in [0.29, 0.717) is 21.7 Å². The van der Waals surface area contributed by atoms with Gasteiger partial charge in [-0.05, 0) is 42.0 Å². The van der Waals surface area contributed by atoms with E-state index in [1.54, 1.807) is 0 Å². The van der Waals surface area contributed by atoms with Crippen LogP contribution >= 0.6 is 23.2 Å². The van der Waals surface area contributed by atoms with Gasteiger partial charge in [-0.25, -0.2) is 4.39 Å². The van der Waals surface area contributed by atoms with E-state index in [1.807, 2.05) is 6.07 Å². The Morgan fingerprint density at radius 3 is 2.33 bits per heavy atom. The Morgan fingerprint density at radius 1 is 1.05 bits per heavy atom. The summed E-state index contributed by atoms with van der Waals surface area (Å²) in [7, 11) is 0. The first kappa shape index (κ1) is 14.7. The van der Waals surface area contributed by atoms with Gasteiger partial charge in [-0.1, -0.05) is 54.4 Å². The van der Waals surface area contributed by atoms with Gasteiger partial charge in [0.15, 0.2) is 0 Å². The molecule has 1 nitrogen and oxygen atoms in total. The largest absolute Gasteiger partial charge is 0.376 e. The Hall–Kier alpha value is -1.25. The molecule has 21 heavy (non-hydrogen) atoms. The van der Waals surface area contributed by atoms with Crippen molar-refractivity contribution in [2.24, 2.45) is 0 Å². The maximum absolute atomic E-state index is 13.3. The molecule has 0 saturated heterocycles. The molecule has 110 valence electrons. The molecular formula is C17H16Cl2FN. The molecule has 2 unspecified atom stereocenters. The van der Waals surface area contributed by atoms with Crippen molar-refractivity contribution in [1.82, 2.24) is 0 Å². The highest BCUT2D eigenvalue weighted by Gasteiger charge is 2.25. The van der Waals surface area contributed by atoms with Crippen LogP contribution < -0.4 is 5.32 Å². The van der Waals surface area contributed by atoms with Crippen LogP contribution in [-0.2, 0) is 0 Å². The molecule has 0 fully saturated rings. The molecule has 0 aromatic heterocycles. The number of halogens is 3. The average Bonchev–Trinajstić information content (AvgIpc) is 2.45. The Kier molecular flexibility index (Phi) is 4.10. The fourth-order valence-corrected chi connectivity index (χ4v) is 3.58. The number of anilines is 1. The van der Waals surface area contributed by atoms with Crippen molar-refractivity contribution < 1.29 is 4.39 Å². The summed E-state index contributed by atoms with van der Waals surface area (Å²) in [5.74, 6) is 0.131. The van der Waals surface area contributed by atoms with Gasteiger partial charge in [0.1, 0.15) is 5.82 Å². The van der Waals surface area contributed by atoms with Crippen LogP contribution in [0.1, 0.15) is 42.9 Å². The van der Waals surface area contributed by atoms with Crippen LogP contribution in [0.4, 0.5) is 10.1 Å². The van der Waals surface area contributed by atoms with E-state index in [9.17, 15) is 4.39 Å². The van der Waals surface area contributed by atoms with Crippen molar-refractivity contribution in [1.29, 1.82) is 0 Å². The van der Waals surface area contributed by atoms with Gasteiger partial charge in [-0.2, -0.15) is 0 Å². The third kappa shape index (κ3) is 2.88. The number of rotatable bonds is 2. The summed E-state index contributed by atoms with van der Waals surface area (Å²) >= 11 is 12.2. The molecule has 4 heteroatoms. The minimum Gasteiger partial charge on any atom is -0.376 e. The van der Waals surface area contributed by atoms with E-state index in [-0.39, 0.29) is 6.04 Å². The van der Waals surface area contributed by atoms with Crippen LogP contribution in [0.2, 0.25) is 10.0 Å². The summed E-state index contributed by atoms with van der Waals surface area (Å²) in [5.41, 5.74) is 3.23. The van der Waals surface area contributed by atoms with Crippen LogP contribution in [0, 0.1) is 5.82 Å². The van der Waals surface area contributed by atoms with Gasteiger partial charge in [0.25, 0.3) is 0 Å². The Morgan fingerprint density at radius 2 is 1.67 bits per heavy atom. The lowest BCUT2D eigenvalue weighted by Crippen LogP contribution is -2.19. The van der Waals surface area contributed by atoms with Crippen LogP contribution in [0.25, 0.3) is 0 Å². The van der Waals surface area contributed by atoms with E-state index >= 15 is 0 Å². The first-order valence-electron chi connectivity index (χ1n) is 7.06. The van der Waals surface area contributed by atoms with E-state index in [0.717, 1.165) is 12.8 Å². The summed E-state index contributed by atoms with van der Waals surface area (Å²) in [6.07, 6.45) is 2.10. The zero-order valence-corrected chi connectivity index (χ0v) is 13.2. The molecule has 3 rings (SSSR count). The van der Waals surface area contributed by atoms with Crippen molar-refractivity contribution in [3.8, 4) is 0 Å². The quantitative estimate of drug-likeness (QED) is 0.695. The standard InChI is InChI=1S/C17H16Cl2FN/c1-10-6-7-16(13-5-3-2-4-12(10)13)21-17-14(18)8-11(20)9-15(17)19/h2-5,8-10,16,21H,6-7H2,1H3. The zero-order chi connectivity index (χ0) is 15.0. The van der Waals surface area contributed by atoms with Crippen molar-refractivity contribution in [3.05, 3.63) is 63.4 Å². The lowest BCUT2D eigenvalue weighted by atomic mass is 9.81. The van der Waals surface area contributed by atoms with Gasteiger partial charge in [0.05, 0.1) is 21.8 Å². The summed E-state index contributed by atoms with van der Waals surface area (Å²) in [5, 5.41) is 4.02. The van der Waals surface area contributed by atoms with Crippen LogP contribution in [0.3, 0.4) is 0 Å². The lowest BCUT2D eigenvalue weighted by molar-refractivity contribution is 0.534. The van der Waals surface area contributed by atoms with Gasteiger partial charge >= 0.3 is 0 Å². The highest BCUT2D eigenvalue weighted by molar-refractivity contribution is 6.39. The van der Waals surface area contributed by atoms with E-state index in [1.165, 1.54) is 23.3 Å². The molecule has 0 spiro atoms. The van der Waals surface area contributed by atoms with Gasteiger partial charge in [0, 0.05) is 0 Å². The fourth-order valence-electron chi connectivity index (χ4n) is 3.01. The minimum absolute atomic E-state index is 0.151. The third-order valence-electron chi connectivity index (χ3n) is 4.12. The van der Waals surface area contributed by atoms with Crippen molar-refractivity contribution in [3.63, 3.8) is 0 Å². The molecule has 2 atom stereocenters. The molecule has 0 bridgehead atoms. The van der Waals surface area contributed by atoms with E-state index in [2.05, 4.69) is 30.4 Å². The summed E-state index contributed by atoms with van der Waals surface area (Å²) in [6, 6.07) is 11.1. The van der Waals surface area contributed by atoms with Gasteiger partial charge in [0.2, 0.25) is 0 Å². The maximum Gasteiger partial charge on any atom is 0.126 e. The van der Waals surface area contributed by atoms with Gasteiger partial charge in [-0.3, -0.25) is 0 Å². The fraction of sp³-hybridized carbons (Fsp3) is 0.294. The second-order valence-corrected chi connectivity index (χ2v) is 6.36. The van der Waals surface area contributed by atoms with Gasteiger partial charge < -0.3 is 5.32 Å². The molecular weight excluding hydrogens is 308 g/mol. The molecule has 2 aromatic rings. The van der Waals surface area contributed by atoms with Crippen molar-refractivity contribution in [2.45, 2.75) is 31.7 Å². The second-order valence-electron chi connectivity index (χ2n) is 5.55. The predicted molar refractivity (Wildman–Crippen MR) is 86.9 cm³/mol. The summed E-state index contributed by atoms with van der Waals surface area (Å²) < 4.78 is 13.3. The zero-order valence-electron chi connectivity index (χ0n) is 11.7. The average molecular weight is 324 g/mol.